The second-order valence-electron chi connectivity index (χ2n) is 5.52. The van der Waals surface area contributed by atoms with E-state index in [-0.39, 0.29) is 5.91 Å². The van der Waals surface area contributed by atoms with Crippen molar-refractivity contribution in [1.82, 2.24) is 10.4 Å². The summed E-state index contributed by atoms with van der Waals surface area (Å²) in [6.07, 6.45) is 0. The number of hydrazine groups is 1. The standard InChI is InChI=1S/C18H19N3O3S/c1-10-8-9-11(2)16-14(10)19-18(25-16)21-20-17(22)12-6-5-7-13(23-3)15(12)24-4/h5-9H,1-4H3,(H,19,21)(H,20,22). The van der Waals surface area contributed by atoms with E-state index in [0.29, 0.717) is 22.2 Å². The molecule has 0 aliphatic carbocycles. The van der Waals surface area contributed by atoms with Crippen molar-refractivity contribution in [2.45, 2.75) is 13.8 Å². The van der Waals surface area contributed by atoms with Crippen LogP contribution in [0.4, 0.5) is 5.13 Å². The van der Waals surface area contributed by atoms with Crippen molar-refractivity contribution in [3.8, 4) is 11.5 Å². The molecular weight excluding hydrogens is 338 g/mol. The minimum atomic E-state index is -0.330. The number of carbonyl (C=O) groups excluding carboxylic acids is 1. The average Bonchev–Trinajstić information content (AvgIpc) is 3.07. The molecule has 1 amide bonds. The van der Waals surface area contributed by atoms with Gasteiger partial charge in [-0.25, -0.2) is 4.98 Å². The lowest BCUT2D eigenvalue weighted by molar-refractivity contribution is 0.0959. The molecule has 1 heterocycles. The molecule has 0 aliphatic rings. The number of para-hydroxylation sites is 1. The van der Waals surface area contributed by atoms with Gasteiger partial charge in [0.25, 0.3) is 5.91 Å². The lowest BCUT2D eigenvalue weighted by Crippen LogP contribution is -2.29. The topological polar surface area (TPSA) is 72.5 Å². The van der Waals surface area contributed by atoms with Crippen molar-refractivity contribution in [3.63, 3.8) is 0 Å². The number of ether oxygens (including phenoxy) is 2. The predicted octanol–water partition coefficient (Wildman–Crippen LogP) is 3.69. The molecule has 3 aromatic rings. The van der Waals surface area contributed by atoms with Gasteiger partial charge in [0.15, 0.2) is 11.5 Å². The molecule has 0 unspecified atom stereocenters. The summed E-state index contributed by atoms with van der Waals surface area (Å²) in [4.78, 5) is 17.0. The number of hydrogen-bond acceptors (Lipinski definition) is 6. The van der Waals surface area contributed by atoms with Crippen molar-refractivity contribution < 1.29 is 14.3 Å². The number of anilines is 1. The first-order valence-electron chi connectivity index (χ1n) is 7.69. The van der Waals surface area contributed by atoms with Crippen LogP contribution in [0.5, 0.6) is 11.5 Å². The summed E-state index contributed by atoms with van der Waals surface area (Å²) in [5, 5.41) is 0.627. The van der Waals surface area contributed by atoms with E-state index in [0.717, 1.165) is 21.3 Å². The Morgan fingerprint density at radius 1 is 1.08 bits per heavy atom. The monoisotopic (exact) mass is 357 g/mol. The molecule has 0 saturated carbocycles. The first-order valence-corrected chi connectivity index (χ1v) is 8.51. The number of aryl methyl sites for hydroxylation is 2. The van der Waals surface area contributed by atoms with Crippen LogP contribution in [0.2, 0.25) is 0 Å². The maximum absolute atomic E-state index is 12.5. The third kappa shape index (κ3) is 3.23. The molecule has 1 aromatic heterocycles. The Bertz CT molecular complexity index is 898. The van der Waals surface area contributed by atoms with Crippen LogP contribution >= 0.6 is 11.3 Å². The van der Waals surface area contributed by atoms with E-state index in [9.17, 15) is 4.79 Å². The van der Waals surface area contributed by atoms with E-state index in [2.05, 4.69) is 21.9 Å². The van der Waals surface area contributed by atoms with Gasteiger partial charge in [-0.3, -0.25) is 15.6 Å². The highest BCUT2D eigenvalue weighted by molar-refractivity contribution is 7.22. The maximum Gasteiger partial charge on any atom is 0.273 e. The molecule has 130 valence electrons. The predicted molar refractivity (Wildman–Crippen MR) is 99.7 cm³/mol. The Kier molecular flexibility index (Phi) is 4.76. The van der Waals surface area contributed by atoms with E-state index in [1.807, 2.05) is 19.9 Å². The van der Waals surface area contributed by atoms with Crippen LogP contribution in [0.15, 0.2) is 30.3 Å². The van der Waals surface area contributed by atoms with Crippen LogP contribution < -0.4 is 20.3 Å². The van der Waals surface area contributed by atoms with Gasteiger partial charge in [-0.15, -0.1) is 0 Å². The Balaban J connectivity index is 1.81. The maximum atomic E-state index is 12.5. The second-order valence-corrected chi connectivity index (χ2v) is 6.52. The molecule has 0 fully saturated rings. The lowest BCUT2D eigenvalue weighted by Gasteiger charge is -2.12. The Morgan fingerprint density at radius 2 is 1.84 bits per heavy atom. The van der Waals surface area contributed by atoms with Crippen LogP contribution in [0.25, 0.3) is 10.2 Å². The molecular formula is C18H19N3O3S. The quantitative estimate of drug-likeness (QED) is 0.682. The van der Waals surface area contributed by atoms with E-state index in [1.54, 1.807) is 18.2 Å². The molecule has 0 saturated heterocycles. The number of nitrogens with zero attached hydrogens (tertiary/aromatic N) is 1. The number of benzene rings is 2. The van der Waals surface area contributed by atoms with Gasteiger partial charge in [-0.1, -0.05) is 29.5 Å². The average molecular weight is 357 g/mol. The highest BCUT2D eigenvalue weighted by Crippen LogP contribution is 2.32. The molecule has 2 N–H and O–H groups in total. The van der Waals surface area contributed by atoms with E-state index in [4.69, 9.17) is 9.47 Å². The van der Waals surface area contributed by atoms with Gasteiger partial charge >= 0.3 is 0 Å². The van der Waals surface area contributed by atoms with Crippen LogP contribution in [-0.2, 0) is 0 Å². The van der Waals surface area contributed by atoms with Crippen LogP contribution in [0, 0.1) is 13.8 Å². The number of carbonyl (C=O) groups is 1. The molecule has 7 heteroatoms. The number of amides is 1. The van der Waals surface area contributed by atoms with Crippen molar-refractivity contribution in [2.24, 2.45) is 0 Å². The SMILES string of the molecule is COc1cccc(C(=O)NNc2nc3c(C)ccc(C)c3s2)c1OC. The summed E-state index contributed by atoms with van der Waals surface area (Å²) < 4.78 is 11.6. The van der Waals surface area contributed by atoms with E-state index >= 15 is 0 Å². The molecule has 0 aliphatic heterocycles. The Labute approximate surface area is 149 Å². The molecule has 3 rings (SSSR count). The molecule has 0 radical (unpaired) electrons. The molecule has 0 atom stereocenters. The van der Waals surface area contributed by atoms with Crippen molar-refractivity contribution >= 4 is 32.6 Å². The van der Waals surface area contributed by atoms with Crippen LogP contribution in [0.1, 0.15) is 21.5 Å². The lowest BCUT2D eigenvalue weighted by atomic mass is 10.1. The Morgan fingerprint density at radius 3 is 2.52 bits per heavy atom. The van der Waals surface area contributed by atoms with E-state index < -0.39 is 0 Å². The fourth-order valence-corrected chi connectivity index (χ4v) is 3.52. The Hall–Kier alpha value is -2.80. The number of hydrogen-bond donors (Lipinski definition) is 2. The molecule has 6 nitrogen and oxygen atoms in total. The van der Waals surface area contributed by atoms with Gasteiger partial charge in [0.1, 0.15) is 0 Å². The summed E-state index contributed by atoms with van der Waals surface area (Å²) in [7, 11) is 3.03. The number of methoxy groups -OCH3 is 2. The summed E-state index contributed by atoms with van der Waals surface area (Å²) in [6, 6.07) is 9.26. The fourth-order valence-electron chi connectivity index (χ4n) is 2.56. The van der Waals surface area contributed by atoms with Crippen molar-refractivity contribution in [1.29, 1.82) is 0 Å². The molecule has 0 bridgehead atoms. The van der Waals surface area contributed by atoms with Gasteiger partial charge in [-0.05, 0) is 37.1 Å². The molecule has 25 heavy (non-hydrogen) atoms. The number of nitrogens with one attached hydrogen (secondary N) is 2. The first-order chi connectivity index (χ1) is 12.0. The van der Waals surface area contributed by atoms with Gasteiger partial charge in [0.2, 0.25) is 5.13 Å². The number of aromatic nitrogens is 1. The zero-order valence-corrected chi connectivity index (χ0v) is 15.3. The third-order valence-electron chi connectivity index (χ3n) is 3.87. The largest absolute Gasteiger partial charge is 0.493 e. The number of rotatable bonds is 5. The van der Waals surface area contributed by atoms with Crippen LogP contribution in [0.3, 0.4) is 0 Å². The van der Waals surface area contributed by atoms with Gasteiger partial charge in [-0.2, -0.15) is 0 Å². The molecule has 2 aromatic carbocycles. The summed E-state index contributed by atoms with van der Waals surface area (Å²) in [6.45, 7) is 4.06. The minimum absolute atomic E-state index is 0.330. The van der Waals surface area contributed by atoms with Gasteiger partial charge in [0.05, 0.1) is 30.0 Å². The zero-order chi connectivity index (χ0) is 18.0. The summed E-state index contributed by atoms with van der Waals surface area (Å²) >= 11 is 1.50. The smallest absolute Gasteiger partial charge is 0.273 e. The first kappa shape index (κ1) is 17.0. The van der Waals surface area contributed by atoms with E-state index in [1.165, 1.54) is 25.6 Å². The molecule has 0 spiro atoms. The third-order valence-corrected chi connectivity index (χ3v) is 4.98. The highest BCUT2D eigenvalue weighted by atomic mass is 32.1. The van der Waals surface area contributed by atoms with Gasteiger partial charge < -0.3 is 9.47 Å². The zero-order valence-electron chi connectivity index (χ0n) is 14.5. The fraction of sp³-hybridized carbons (Fsp3) is 0.222. The number of thiazole rings is 1. The van der Waals surface area contributed by atoms with Crippen molar-refractivity contribution in [3.05, 3.63) is 47.0 Å². The summed E-state index contributed by atoms with van der Waals surface area (Å²) in [5.41, 5.74) is 9.14. The number of fused-ring (bicyclic) bond motifs is 1. The second kappa shape index (κ2) is 6.98. The van der Waals surface area contributed by atoms with Crippen LogP contribution in [-0.4, -0.2) is 25.1 Å². The minimum Gasteiger partial charge on any atom is -0.493 e. The highest BCUT2D eigenvalue weighted by Gasteiger charge is 2.17. The van der Waals surface area contributed by atoms with Crippen molar-refractivity contribution in [2.75, 3.05) is 19.6 Å². The summed E-state index contributed by atoms with van der Waals surface area (Å²) in [5.74, 6) is 0.560. The normalized spacial score (nSPS) is 10.6. The van der Waals surface area contributed by atoms with Gasteiger partial charge in [0, 0.05) is 0 Å².